The summed E-state index contributed by atoms with van der Waals surface area (Å²) < 4.78 is 4.75. The minimum absolute atomic E-state index is 0.113. The average molecular weight is 678 g/mol. The molecule has 10 rings (SSSR count). The van der Waals surface area contributed by atoms with Gasteiger partial charge in [-0.25, -0.2) is 0 Å². The van der Waals surface area contributed by atoms with E-state index in [2.05, 4.69) is 180 Å². The summed E-state index contributed by atoms with van der Waals surface area (Å²) in [5.41, 5.74) is 13.8. The highest BCUT2D eigenvalue weighted by Gasteiger charge is 2.27. The Labute approximate surface area is 308 Å². The van der Waals surface area contributed by atoms with Gasteiger partial charge in [-0.2, -0.15) is 5.26 Å². The maximum absolute atomic E-state index is 9.19. The van der Waals surface area contributed by atoms with Gasteiger partial charge in [0.05, 0.1) is 33.7 Å². The van der Waals surface area contributed by atoms with Crippen LogP contribution < -0.4 is 0 Å². The Morgan fingerprint density at radius 3 is 1.66 bits per heavy atom. The van der Waals surface area contributed by atoms with Gasteiger partial charge in [0.2, 0.25) is 0 Å². The molecule has 1 unspecified atom stereocenters. The molecule has 0 aliphatic heterocycles. The van der Waals surface area contributed by atoms with E-state index in [1.54, 1.807) is 0 Å². The zero-order valence-corrected chi connectivity index (χ0v) is 29.4. The van der Waals surface area contributed by atoms with E-state index in [1.165, 1.54) is 66.0 Å². The molecule has 1 aliphatic rings. The summed E-state index contributed by atoms with van der Waals surface area (Å²) in [5.74, 6) is 0. The summed E-state index contributed by atoms with van der Waals surface area (Å²) in [7, 11) is 0. The van der Waals surface area contributed by atoms with Crippen LogP contribution >= 0.6 is 0 Å². The molecule has 0 saturated heterocycles. The van der Waals surface area contributed by atoms with Crippen LogP contribution in [0, 0.1) is 11.3 Å². The third-order valence-electron chi connectivity index (χ3n) is 11.2. The Morgan fingerprint density at radius 2 is 1.04 bits per heavy atom. The molecule has 7 aromatic carbocycles. The Morgan fingerprint density at radius 1 is 0.509 bits per heavy atom. The second-order valence-corrected chi connectivity index (χ2v) is 14.4. The summed E-state index contributed by atoms with van der Waals surface area (Å²) in [5, 5.41) is 14.3. The summed E-state index contributed by atoms with van der Waals surface area (Å²) in [6, 6.07) is 60.7. The van der Waals surface area contributed by atoms with Crippen LogP contribution in [-0.4, -0.2) is 9.13 Å². The predicted octanol–water partition coefficient (Wildman–Crippen LogP) is 12.7. The minimum Gasteiger partial charge on any atom is -0.309 e. The maximum atomic E-state index is 9.19. The molecular formula is C50H35N3. The smallest absolute Gasteiger partial charge is 0.0991 e. The number of benzene rings is 7. The zero-order chi connectivity index (χ0) is 35.5. The second-order valence-electron chi connectivity index (χ2n) is 14.4. The fourth-order valence-corrected chi connectivity index (χ4v) is 8.31. The molecule has 0 radical (unpaired) electrons. The number of aromatic nitrogens is 2. The highest BCUT2D eigenvalue weighted by atomic mass is 15.0. The molecule has 3 nitrogen and oxygen atoms in total. The van der Waals surface area contributed by atoms with E-state index >= 15 is 0 Å². The molecule has 250 valence electrons. The van der Waals surface area contributed by atoms with Crippen molar-refractivity contribution in [2.24, 2.45) is 0 Å². The molecule has 9 aromatic rings. The molecule has 2 heterocycles. The van der Waals surface area contributed by atoms with Gasteiger partial charge in [0.15, 0.2) is 0 Å². The van der Waals surface area contributed by atoms with Gasteiger partial charge in [0.25, 0.3) is 0 Å². The van der Waals surface area contributed by atoms with Crippen molar-refractivity contribution in [2.75, 3.05) is 0 Å². The van der Waals surface area contributed by atoms with E-state index in [-0.39, 0.29) is 5.41 Å². The van der Waals surface area contributed by atoms with Crippen LogP contribution in [0.3, 0.4) is 0 Å². The lowest BCUT2D eigenvalue weighted by Crippen LogP contribution is -2.20. The van der Waals surface area contributed by atoms with Crippen LogP contribution in [0.25, 0.3) is 71.7 Å². The lowest BCUT2D eigenvalue weighted by atomic mass is 9.75. The highest BCUT2D eigenvalue weighted by molar-refractivity contribution is 6.11. The fourth-order valence-electron chi connectivity index (χ4n) is 8.31. The number of nitrogens with zero attached hydrogens (tertiary/aromatic N) is 3. The first kappa shape index (κ1) is 30.9. The highest BCUT2D eigenvalue weighted by Crippen LogP contribution is 2.41. The number of fused-ring (bicyclic) bond motifs is 6. The first-order chi connectivity index (χ1) is 26.1. The van der Waals surface area contributed by atoms with E-state index < -0.39 is 0 Å². The standard InChI is InChI=1S/C50H35N3/c1-50(39-22-26-49-45(32-39)43-12-6-8-14-47(43)52(49)40-9-3-2-4-10-40)29-27-37(28-30-50)38-21-25-48-44(31-38)42-11-5-7-13-46(42)53(48)41-23-19-36(20-24-41)35-17-15-34(33-51)16-18-35/h2-29,31-32H,30H2,1H3. The molecule has 0 spiro atoms. The third kappa shape index (κ3) is 5.03. The quantitative estimate of drug-likeness (QED) is 0.178. The first-order valence-electron chi connectivity index (χ1n) is 18.2. The molecule has 0 amide bonds. The number of rotatable bonds is 5. The number of hydrogen-bond donors (Lipinski definition) is 0. The molecule has 0 N–H and O–H groups in total. The van der Waals surface area contributed by atoms with Gasteiger partial charge in [-0.15, -0.1) is 0 Å². The molecule has 1 atom stereocenters. The minimum atomic E-state index is -0.113. The van der Waals surface area contributed by atoms with Crippen LogP contribution in [-0.2, 0) is 5.41 Å². The SMILES string of the molecule is CC1(c2ccc3c(c2)c2ccccc2n3-c2ccccc2)C=CC(c2ccc3c(c2)c2ccccc2n3-c2ccc(-c3ccc(C#N)cc3)cc2)=CC1. The Bertz CT molecular complexity index is 2970. The van der Waals surface area contributed by atoms with Crippen molar-refractivity contribution in [3.8, 4) is 28.6 Å². The van der Waals surface area contributed by atoms with Crippen LogP contribution in [0.5, 0.6) is 0 Å². The van der Waals surface area contributed by atoms with Crippen LogP contribution in [0.4, 0.5) is 0 Å². The number of para-hydroxylation sites is 3. The molecule has 2 aromatic heterocycles. The average Bonchev–Trinajstić information content (AvgIpc) is 3.74. The predicted molar refractivity (Wildman–Crippen MR) is 221 cm³/mol. The van der Waals surface area contributed by atoms with Gasteiger partial charge < -0.3 is 9.13 Å². The van der Waals surface area contributed by atoms with Gasteiger partial charge in [-0.05, 0) is 107 Å². The normalized spacial score (nSPS) is 15.7. The van der Waals surface area contributed by atoms with Crippen molar-refractivity contribution in [1.29, 1.82) is 5.26 Å². The van der Waals surface area contributed by atoms with Crippen LogP contribution in [0.1, 0.15) is 30.0 Å². The molecular weight excluding hydrogens is 643 g/mol. The monoisotopic (exact) mass is 677 g/mol. The Hall–Kier alpha value is -6.89. The van der Waals surface area contributed by atoms with E-state index in [0.717, 1.165) is 23.2 Å². The largest absolute Gasteiger partial charge is 0.309 e. The van der Waals surface area contributed by atoms with Gasteiger partial charge >= 0.3 is 0 Å². The summed E-state index contributed by atoms with van der Waals surface area (Å²) in [6.07, 6.45) is 8.07. The molecule has 1 aliphatic carbocycles. The molecule has 53 heavy (non-hydrogen) atoms. The number of allylic oxidation sites excluding steroid dienone is 4. The van der Waals surface area contributed by atoms with Crippen molar-refractivity contribution >= 4 is 49.2 Å². The van der Waals surface area contributed by atoms with Crippen molar-refractivity contribution in [3.05, 3.63) is 199 Å². The van der Waals surface area contributed by atoms with Gasteiger partial charge in [0, 0.05) is 38.3 Å². The number of nitriles is 1. The van der Waals surface area contributed by atoms with Crippen molar-refractivity contribution in [3.63, 3.8) is 0 Å². The van der Waals surface area contributed by atoms with E-state index in [9.17, 15) is 5.26 Å². The number of hydrogen-bond acceptors (Lipinski definition) is 1. The zero-order valence-electron chi connectivity index (χ0n) is 29.4. The van der Waals surface area contributed by atoms with Crippen LogP contribution in [0.2, 0.25) is 0 Å². The maximum Gasteiger partial charge on any atom is 0.0991 e. The second kappa shape index (κ2) is 12.1. The molecule has 0 bridgehead atoms. The summed E-state index contributed by atoms with van der Waals surface area (Å²) >= 11 is 0. The van der Waals surface area contributed by atoms with Gasteiger partial charge in [0.1, 0.15) is 0 Å². The summed E-state index contributed by atoms with van der Waals surface area (Å²) in [6.45, 7) is 2.36. The third-order valence-corrected chi connectivity index (χ3v) is 11.2. The van der Waals surface area contributed by atoms with E-state index in [1.807, 2.05) is 24.3 Å². The lowest BCUT2D eigenvalue weighted by molar-refractivity contribution is 0.602. The first-order valence-corrected chi connectivity index (χ1v) is 18.2. The Balaban J connectivity index is 0.985. The topological polar surface area (TPSA) is 33.6 Å². The van der Waals surface area contributed by atoms with E-state index in [0.29, 0.717) is 5.56 Å². The summed E-state index contributed by atoms with van der Waals surface area (Å²) in [4.78, 5) is 0. The lowest BCUT2D eigenvalue weighted by Gasteiger charge is -2.29. The Kier molecular flexibility index (Phi) is 7.06. The van der Waals surface area contributed by atoms with Gasteiger partial charge in [-0.3, -0.25) is 0 Å². The molecule has 0 fully saturated rings. The van der Waals surface area contributed by atoms with Crippen molar-refractivity contribution in [2.45, 2.75) is 18.8 Å². The van der Waals surface area contributed by atoms with Crippen molar-refractivity contribution in [1.82, 2.24) is 9.13 Å². The molecule has 3 heteroatoms. The fraction of sp³-hybridized carbons (Fsp3) is 0.0600. The van der Waals surface area contributed by atoms with Crippen LogP contribution in [0.15, 0.2) is 182 Å². The van der Waals surface area contributed by atoms with E-state index in [4.69, 9.17) is 0 Å². The van der Waals surface area contributed by atoms with Gasteiger partial charge in [-0.1, -0.05) is 116 Å². The molecule has 0 saturated carbocycles. The van der Waals surface area contributed by atoms with Crippen molar-refractivity contribution < 1.29 is 0 Å².